The quantitative estimate of drug-likeness (QED) is 0.684. The molecule has 6 nitrogen and oxygen atoms in total. The largest absolute Gasteiger partial charge is 0.497 e. The van der Waals surface area contributed by atoms with Gasteiger partial charge in [0.25, 0.3) is 5.91 Å². The monoisotopic (exact) mass is 384 g/mol. The molecule has 2 aromatic carbocycles. The molecule has 150 valence electrons. The Morgan fingerprint density at radius 1 is 1.04 bits per heavy atom. The molecule has 0 aliphatic carbocycles. The fourth-order valence-corrected chi connectivity index (χ4v) is 2.66. The predicted octanol–water partition coefficient (Wildman–Crippen LogP) is 3.02. The van der Waals surface area contributed by atoms with Crippen LogP contribution in [0.1, 0.15) is 25.8 Å². The fraction of sp³-hybridized carbons (Fsp3) is 0.364. The number of methoxy groups -OCH3 is 1. The first kappa shape index (κ1) is 21.3. The van der Waals surface area contributed by atoms with Crippen molar-refractivity contribution >= 4 is 11.8 Å². The van der Waals surface area contributed by atoms with Crippen molar-refractivity contribution in [3.05, 3.63) is 60.2 Å². The first-order valence-corrected chi connectivity index (χ1v) is 9.43. The number of carbonyl (C=O) groups is 2. The van der Waals surface area contributed by atoms with Gasteiger partial charge >= 0.3 is 0 Å². The SMILES string of the molecule is CCCNC(=O)[C@@H](C)N(Cc1ccccc1)C(=O)COc1ccc(OC)cc1. The minimum atomic E-state index is -0.598. The third kappa shape index (κ3) is 6.30. The van der Waals surface area contributed by atoms with Gasteiger partial charge in [-0.1, -0.05) is 37.3 Å². The number of nitrogens with one attached hydrogen (secondary N) is 1. The van der Waals surface area contributed by atoms with Crippen LogP contribution in [0.15, 0.2) is 54.6 Å². The molecule has 0 saturated heterocycles. The van der Waals surface area contributed by atoms with E-state index in [1.165, 1.54) is 0 Å². The maximum absolute atomic E-state index is 12.9. The molecular weight excluding hydrogens is 356 g/mol. The summed E-state index contributed by atoms with van der Waals surface area (Å²) in [4.78, 5) is 26.8. The summed E-state index contributed by atoms with van der Waals surface area (Å²) >= 11 is 0. The van der Waals surface area contributed by atoms with Crippen LogP contribution in [-0.4, -0.2) is 43.0 Å². The first-order valence-electron chi connectivity index (χ1n) is 9.43. The fourth-order valence-electron chi connectivity index (χ4n) is 2.66. The molecule has 6 heteroatoms. The van der Waals surface area contributed by atoms with Crippen LogP contribution in [0.4, 0.5) is 0 Å². The molecule has 0 fully saturated rings. The molecule has 0 unspecified atom stereocenters. The van der Waals surface area contributed by atoms with Gasteiger partial charge in [-0.15, -0.1) is 0 Å². The molecule has 0 radical (unpaired) electrons. The van der Waals surface area contributed by atoms with Crippen molar-refractivity contribution in [2.75, 3.05) is 20.3 Å². The van der Waals surface area contributed by atoms with E-state index >= 15 is 0 Å². The molecule has 0 bridgehead atoms. The highest BCUT2D eigenvalue weighted by Gasteiger charge is 2.26. The van der Waals surface area contributed by atoms with Crippen molar-refractivity contribution in [2.24, 2.45) is 0 Å². The number of rotatable bonds is 10. The smallest absolute Gasteiger partial charge is 0.261 e. The van der Waals surface area contributed by atoms with E-state index in [1.807, 2.05) is 37.3 Å². The van der Waals surface area contributed by atoms with Gasteiger partial charge in [-0.25, -0.2) is 0 Å². The number of benzene rings is 2. The zero-order valence-corrected chi connectivity index (χ0v) is 16.7. The third-order valence-corrected chi connectivity index (χ3v) is 4.33. The summed E-state index contributed by atoms with van der Waals surface area (Å²) < 4.78 is 10.7. The summed E-state index contributed by atoms with van der Waals surface area (Å²) in [5.41, 5.74) is 0.954. The molecule has 0 heterocycles. The van der Waals surface area contributed by atoms with Crippen LogP contribution in [0.3, 0.4) is 0 Å². The summed E-state index contributed by atoms with van der Waals surface area (Å²) in [6, 6.07) is 16.0. The van der Waals surface area contributed by atoms with E-state index in [-0.39, 0.29) is 18.4 Å². The van der Waals surface area contributed by atoms with Crippen molar-refractivity contribution in [2.45, 2.75) is 32.9 Å². The van der Waals surface area contributed by atoms with Gasteiger partial charge in [0.15, 0.2) is 6.61 Å². The number of nitrogens with zero attached hydrogens (tertiary/aromatic N) is 1. The number of ether oxygens (including phenoxy) is 2. The van der Waals surface area contributed by atoms with Gasteiger partial charge < -0.3 is 19.7 Å². The van der Waals surface area contributed by atoms with Gasteiger partial charge in [-0.3, -0.25) is 9.59 Å². The molecule has 2 rings (SSSR count). The van der Waals surface area contributed by atoms with E-state index in [0.29, 0.717) is 24.6 Å². The van der Waals surface area contributed by atoms with Crippen molar-refractivity contribution in [3.8, 4) is 11.5 Å². The summed E-state index contributed by atoms with van der Waals surface area (Å²) in [5.74, 6) is 0.858. The Morgan fingerprint density at radius 3 is 2.29 bits per heavy atom. The number of amides is 2. The minimum absolute atomic E-state index is 0.148. The second-order valence-electron chi connectivity index (χ2n) is 6.44. The van der Waals surface area contributed by atoms with Gasteiger partial charge in [-0.2, -0.15) is 0 Å². The number of carbonyl (C=O) groups excluding carboxylic acids is 2. The lowest BCUT2D eigenvalue weighted by atomic mass is 10.1. The summed E-state index contributed by atoms with van der Waals surface area (Å²) in [6.45, 7) is 4.50. The van der Waals surface area contributed by atoms with Crippen LogP contribution in [0.5, 0.6) is 11.5 Å². The summed E-state index contributed by atoms with van der Waals surface area (Å²) in [7, 11) is 1.59. The Hall–Kier alpha value is -3.02. The van der Waals surface area contributed by atoms with Crippen LogP contribution in [0.25, 0.3) is 0 Å². The number of hydrogen-bond donors (Lipinski definition) is 1. The molecule has 0 aliphatic heterocycles. The maximum atomic E-state index is 12.9. The molecule has 0 spiro atoms. The second-order valence-corrected chi connectivity index (χ2v) is 6.44. The topological polar surface area (TPSA) is 67.9 Å². The first-order chi connectivity index (χ1) is 13.5. The summed E-state index contributed by atoms with van der Waals surface area (Å²) in [6.07, 6.45) is 0.839. The van der Waals surface area contributed by atoms with E-state index in [4.69, 9.17) is 9.47 Å². The molecule has 28 heavy (non-hydrogen) atoms. The normalized spacial score (nSPS) is 11.4. The molecule has 1 atom stereocenters. The molecule has 2 amide bonds. The lowest BCUT2D eigenvalue weighted by Gasteiger charge is -2.28. The Kier molecular flexibility index (Phi) is 8.34. The highest BCUT2D eigenvalue weighted by Crippen LogP contribution is 2.17. The lowest BCUT2D eigenvalue weighted by molar-refractivity contribution is -0.142. The maximum Gasteiger partial charge on any atom is 0.261 e. The summed E-state index contributed by atoms with van der Waals surface area (Å²) in [5, 5.41) is 2.85. The van der Waals surface area contributed by atoms with Crippen LogP contribution in [0.2, 0.25) is 0 Å². The zero-order chi connectivity index (χ0) is 20.4. The molecule has 0 saturated carbocycles. The van der Waals surface area contributed by atoms with Crippen LogP contribution >= 0.6 is 0 Å². The van der Waals surface area contributed by atoms with Gasteiger partial charge in [0.2, 0.25) is 5.91 Å². The predicted molar refractivity (Wildman–Crippen MR) is 108 cm³/mol. The highest BCUT2D eigenvalue weighted by atomic mass is 16.5. The molecule has 0 aromatic heterocycles. The molecule has 0 aliphatic rings. The van der Waals surface area contributed by atoms with Crippen molar-refractivity contribution in [3.63, 3.8) is 0 Å². The highest BCUT2D eigenvalue weighted by molar-refractivity contribution is 5.87. The van der Waals surface area contributed by atoms with E-state index < -0.39 is 6.04 Å². The molecule has 2 aromatic rings. The minimum Gasteiger partial charge on any atom is -0.497 e. The standard InChI is InChI=1S/C22H28N2O4/c1-4-14-23-22(26)17(2)24(15-18-8-6-5-7-9-18)21(25)16-28-20-12-10-19(27-3)11-13-20/h5-13,17H,4,14-16H2,1-3H3,(H,23,26)/t17-/m1/s1. The van der Waals surface area contributed by atoms with E-state index in [2.05, 4.69) is 5.32 Å². The van der Waals surface area contributed by atoms with E-state index in [1.54, 1.807) is 43.2 Å². The molecular formula is C22H28N2O4. The van der Waals surface area contributed by atoms with Crippen LogP contribution < -0.4 is 14.8 Å². The zero-order valence-electron chi connectivity index (χ0n) is 16.7. The van der Waals surface area contributed by atoms with Gasteiger partial charge in [0.05, 0.1) is 7.11 Å². The average molecular weight is 384 g/mol. The average Bonchev–Trinajstić information content (AvgIpc) is 2.74. The van der Waals surface area contributed by atoms with Crippen LogP contribution in [-0.2, 0) is 16.1 Å². The Bertz CT molecular complexity index is 747. The Labute approximate surface area is 166 Å². The van der Waals surface area contributed by atoms with Gasteiger partial charge in [-0.05, 0) is 43.2 Å². The van der Waals surface area contributed by atoms with E-state index in [0.717, 1.165) is 12.0 Å². The third-order valence-electron chi connectivity index (χ3n) is 4.33. The van der Waals surface area contributed by atoms with Gasteiger partial charge in [0.1, 0.15) is 17.5 Å². The van der Waals surface area contributed by atoms with Gasteiger partial charge in [0, 0.05) is 13.1 Å². The van der Waals surface area contributed by atoms with Crippen molar-refractivity contribution < 1.29 is 19.1 Å². The van der Waals surface area contributed by atoms with Crippen molar-refractivity contribution in [1.29, 1.82) is 0 Å². The number of hydrogen-bond acceptors (Lipinski definition) is 4. The van der Waals surface area contributed by atoms with Crippen LogP contribution in [0, 0.1) is 0 Å². The Balaban J connectivity index is 2.07. The Morgan fingerprint density at radius 2 is 1.68 bits per heavy atom. The van der Waals surface area contributed by atoms with Crippen molar-refractivity contribution in [1.82, 2.24) is 10.2 Å². The van der Waals surface area contributed by atoms with E-state index in [9.17, 15) is 9.59 Å². The second kappa shape index (κ2) is 11.0. The lowest BCUT2D eigenvalue weighted by Crippen LogP contribution is -2.49. The molecule has 1 N–H and O–H groups in total.